The Hall–Kier alpha value is -3.34. The predicted octanol–water partition coefficient (Wildman–Crippen LogP) is 3.52. The van der Waals surface area contributed by atoms with Crippen LogP contribution in [0.4, 0.5) is 18.9 Å². The molecule has 31 heavy (non-hydrogen) atoms. The summed E-state index contributed by atoms with van der Waals surface area (Å²) in [6.07, 6.45) is -0.643. The molecule has 0 saturated heterocycles. The number of hydrogen-bond donors (Lipinski definition) is 2. The van der Waals surface area contributed by atoms with Gasteiger partial charge in [-0.15, -0.1) is 0 Å². The van der Waals surface area contributed by atoms with Crippen molar-refractivity contribution in [1.29, 1.82) is 0 Å². The Morgan fingerprint density at radius 3 is 2.55 bits per heavy atom. The summed E-state index contributed by atoms with van der Waals surface area (Å²) in [6.45, 7) is 0.921. The molecule has 0 radical (unpaired) electrons. The molecule has 0 aliphatic rings. The SMILES string of the molecule is O=C(NCCCn1cccn1)c1ccccc1NS(=O)(=O)c1cccc(C(F)(F)F)c1. The first-order valence-electron chi connectivity index (χ1n) is 9.21. The zero-order valence-corrected chi connectivity index (χ0v) is 16.9. The van der Waals surface area contributed by atoms with Gasteiger partial charge in [0.1, 0.15) is 0 Å². The van der Waals surface area contributed by atoms with Crippen LogP contribution in [0.5, 0.6) is 0 Å². The summed E-state index contributed by atoms with van der Waals surface area (Å²) in [6, 6.07) is 11.0. The molecule has 0 fully saturated rings. The molecule has 0 unspecified atom stereocenters. The van der Waals surface area contributed by atoms with Crippen LogP contribution >= 0.6 is 0 Å². The van der Waals surface area contributed by atoms with E-state index in [-0.39, 0.29) is 11.3 Å². The van der Waals surface area contributed by atoms with Crippen LogP contribution in [-0.2, 0) is 22.7 Å². The molecule has 1 amide bonds. The second kappa shape index (κ2) is 9.21. The van der Waals surface area contributed by atoms with Gasteiger partial charge in [-0.3, -0.25) is 14.2 Å². The Morgan fingerprint density at radius 1 is 1.06 bits per heavy atom. The molecule has 2 aromatic carbocycles. The maximum atomic E-state index is 12.9. The van der Waals surface area contributed by atoms with E-state index in [4.69, 9.17) is 0 Å². The largest absolute Gasteiger partial charge is 0.416 e. The quantitative estimate of drug-likeness (QED) is 0.512. The first kappa shape index (κ1) is 22.3. The lowest BCUT2D eigenvalue weighted by atomic mass is 10.1. The maximum absolute atomic E-state index is 12.9. The summed E-state index contributed by atoms with van der Waals surface area (Å²) in [5, 5.41) is 6.75. The Balaban J connectivity index is 1.71. The van der Waals surface area contributed by atoms with Crippen molar-refractivity contribution in [2.24, 2.45) is 0 Å². The Labute approximate surface area is 176 Å². The first-order chi connectivity index (χ1) is 14.7. The second-order valence-corrected chi connectivity index (χ2v) is 8.24. The monoisotopic (exact) mass is 452 g/mol. The molecule has 1 aromatic heterocycles. The van der Waals surface area contributed by atoms with Gasteiger partial charge in [-0.2, -0.15) is 18.3 Å². The van der Waals surface area contributed by atoms with Gasteiger partial charge in [-0.05, 0) is 42.8 Å². The van der Waals surface area contributed by atoms with Crippen molar-refractivity contribution >= 4 is 21.6 Å². The van der Waals surface area contributed by atoms with E-state index in [1.165, 1.54) is 18.2 Å². The molecule has 1 heterocycles. The highest BCUT2D eigenvalue weighted by atomic mass is 32.2. The van der Waals surface area contributed by atoms with E-state index in [0.717, 1.165) is 18.2 Å². The number of aromatic nitrogens is 2. The maximum Gasteiger partial charge on any atom is 0.416 e. The summed E-state index contributed by atoms with van der Waals surface area (Å²) in [5.74, 6) is -0.511. The number of nitrogens with one attached hydrogen (secondary N) is 2. The van der Waals surface area contributed by atoms with Gasteiger partial charge in [-0.25, -0.2) is 8.42 Å². The van der Waals surface area contributed by atoms with Crippen molar-refractivity contribution in [2.45, 2.75) is 24.0 Å². The summed E-state index contributed by atoms with van der Waals surface area (Å²) in [7, 11) is -4.35. The van der Waals surface area contributed by atoms with Crippen molar-refractivity contribution in [3.63, 3.8) is 0 Å². The molecular weight excluding hydrogens is 433 g/mol. The van der Waals surface area contributed by atoms with Crippen LogP contribution in [0, 0.1) is 0 Å². The number of rotatable bonds is 8. The van der Waals surface area contributed by atoms with Gasteiger partial charge < -0.3 is 5.32 Å². The van der Waals surface area contributed by atoms with Crippen molar-refractivity contribution in [1.82, 2.24) is 15.1 Å². The molecule has 0 spiro atoms. The smallest absolute Gasteiger partial charge is 0.352 e. The molecule has 3 aromatic rings. The molecule has 3 rings (SSSR count). The van der Waals surface area contributed by atoms with Crippen LogP contribution in [0.25, 0.3) is 0 Å². The summed E-state index contributed by atoms with van der Waals surface area (Å²) >= 11 is 0. The number of carbonyl (C=O) groups excluding carboxylic acids is 1. The topological polar surface area (TPSA) is 93.1 Å². The van der Waals surface area contributed by atoms with E-state index in [1.807, 2.05) is 0 Å². The predicted molar refractivity (Wildman–Crippen MR) is 108 cm³/mol. The molecule has 164 valence electrons. The summed E-state index contributed by atoms with van der Waals surface area (Å²) < 4.78 is 67.9. The lowest BCUT2D eigenvalue weighted by Crippen LogP contribution is -2.27. The second-order valence-electron chi connectivity index (χ2n) is 6.56. The average Bonchev–Trinajstić information content (AvgIpc) is 3.24. The highest BCUT2D eigenvalue weighted by molar-refractivity contribution is 7.92. The van der Waals surface area contributed by atoms with Crippen molar-refractivity contribution in [3.05, 3.63) is 78.1 Å². The highest BCUT2D eigenvalue weighted by Crippen LogP contribution is 2.31. The number of para-hydroxylation sites is 1. The van der Waals surface area contributed by atoms with E-state index in [2.05, 4.69) is 15.1 Å². The molecule has 0 aliphatic carbocycles. The standard InChI is InChI=1S/C20H19F3N4O3S/c21-20(22,23)15-6-3-7-16(14-15)31(29,30)26-18-9-2-1-8-17(18)19(28)24-10-4-12-27-13-5-11-25-27/h1-3,5-9,11,13-14,26H,4,10,12H2,(H,24,28). The Kier molecular flexibility index (Phi) is 6.64. The molecular formula is C20H19F3N4O3S. The third kappa shape index (κ3) is 5.85. The molecule has 0 saturated carbocycles. The summed E-state index contributed by atoms with van der Waals surface area (Å²) in [4.78, 5) is 12.0. The number of sulfonamides is 1. The molecule has 0 aliphatic heterocycles. The fraction of sp³-hybridized carbons (Fsp3) is 0.200. The highest BCUT2D eigenvalue weighted by Gasteiger charge is 2.31. The van der Waals surface area contributed by atoms with Crippen LogP contribution in [-0.4, -0.2) is 30.7 Å². The lowest BCUT2D eigenvalue weighted by Gasteiger charge is -2.14. The Bertz CT molecular complexity index is 1150. The van der Waals surface area contributed by atoms with Gasteiger partial charge in [0, 0.05) is 25.5 Å². The zero-order valence-electron chi connectivity index (χ0n) is 16.1. The number of benzene rings is 2. The average molecular weight is 452 g/mol. The van der Waals surface area contributed by atoms with E-state index in [0.29, 0.717) is 25.6 Å². The van der Waals surface area contributed by atoms with Gasteiger partial charge >= 0.3 is 6.18 Å². The molecule has 0 bridgehead atoms. The van der Waals surface area contributed by atoms with Crippen molar-refractivity contribution in [2.75, 3.05) is 11.3 Å². The van der Waals surface area contributed by atoms with Gasteiger partial charge in [0.2, 0.25) is 0 Å². The van der Waals surface area contributed by atoms with E-state index < -0.39 is 32.6 Å². The fourth-order valence-electron chi connectivity index (χ4n) is 2.78. The normalized spacial score (nSPS) is 11.8. The van der Waals surface area contributed by atoms with Gasteiger partial charge in [0.15, 0.2) is 0 Å². The minimum absolute atomic E-state index is 0.0375. The number of aryl methyl sites for hydroxylation is 1. The first-order valence-corrected chi connectivity index (χ1v) is 10.7. The molecule has 7 nitrogen and oxygen atoms in total. The minimum Gasteiger partial charge on any atom is -0.352 e. The van der Waals surface area contributed by atoms with Crippen LogP contribution < -0.4 is 10.0 Å². The number of nitrogens with zero attached hydrogens (tertiary/aromatic N) is 2. The number of carbonyl (C=O) groups is 1. The van der Waals surface area contributed by atoms with E-state index >= 15 is 0 Å². The Morgan fingerprint density at radius 2 is 1.84 bits per heavy atom. The van der Waals surface area contributed by atoms with Gasteiger partial charge in [0.05, 0.1) is 21.7 Å². The molecule has 0 atom stereocenters. The number of hydrogen-bond acceptors (Lipinski definition) is 4. The molecule has 11 heteroatoms. The van der Waals surface area contributed by atoms with E-state index in [9.17, 15) is 26.4 Å². The number of anilines is 1. The zero-order chi connectivity index (χ0) is 22.5. The third-order valence-electron chi connectivity index (χ3n) is 4.30. The lowest BCUT2D eigenvalue weighted by molar-refractivity contribution is -0.137. The van der Waals surface area contributed by atoms with Crippen LogP contribution in [0.1, 0.15) is 22.3 Å². The van der Waals surface area contributed by atoms with Crippen molar-refractivity contribution in [3.8, 4) is 0 Å². The summed E-state index contributed by atoms with van der Waals surface area (Å²) in [5.41, 5.74) is -1.07. The van der Waals surface area contributed by atoms with Crippen LogP contribution in [0.2, 0.25) is 0 Å². The third-order valence-corrected chi connectivity index (χ3v) is 5.66. The fourth-order valence-corrected chi connectivity index (χ4v) is 3.91. The number of alkyl halides is 3. The van der Waals surface area contributed by atoms with Crippen LogP contribution in [0.3, 0.4) is 0 Å². The van der Waals surface area contributed by atoms with Gasteiger partial charge in [-0.1, -0.05) is 18.2 Å². The molecule has 2 N–H and O–H groups in total. The minimum atomic E-state index is -4.68. The van der Waals surface area contributed by atoms with Crippen molar-refractivity contribution < 1.29 is 26.4 Å². The number of halogens is 3. The van der Waals surface area contributed by atoms with Gasteiger partial charge in [0.25, 0.3) is 15.9 Å². The van der Waals surface area contributed by atoms with Crippen LogP contribution in [0.15, 0.2) is 71.9 Å². The van der Waals surface area contributed by atoms with E-state index in [1.54, 1.807) is 29.2 Å². The number of amides is 1.